The van der Waals surface area contributed by atoms with Crippen LogP contribution in [0.5, 0.6) is 0 Å². The molecular formula is C15H16FNO2. The molecule has 0 bridgehead atoms. The van der Waals surface area contributed by atoms with Gasteiger partial charge in [-0.3, -0.25) is 0 Å². The molecule has 1 aromatic heterocycles. The van der Waals surface area contributed by atoms with Gasteiger partial charge < -0.3 is 9.67 Å². The maximum absolute atomic E-state index is 13.6. The van der Waals surface area contributed by atoms with Crippen molar-refractivity contribution in [3.63, 3.8) is 0 Å². The highest BCUT2D eigenvalue weighted by molar-refractivity contribution is 5.87. The summed E-state index contributed by atoms with van der Waals surface area (Å²) in [5, 5.41) is 9.16. The van der Waals surface area contributed by atoms with Crippen molar-refractivity contribution in [1.29, 1.82) is 0 Å². The van der Waals surface area contributed by atoms with Crippen molar-refractivity contribution >= 4 is 5.97 Å². The summed E-state index contributed by atoms with van der Waals surface area (Å²) >= 11 is 0. The Bertz CT molecular complexity index is 617. The number of halogens is 1. The summed E-state index contributed by atoms with van der Waals surface area (Å²) in [4.78, 5) is 11.2. The third-order valence-electron chi connectivity index (χ3n) is 3.11. The molecule has 0 fully saturated rings. The van der Waals surface area contributed by atoms with E-state index in [0.717, 1.165) is 12.1 Å². The van der Waals surface area contributed by atoms with Crippen molar-refractivity contribution < 1.29 is 14.3 Å². The van der Waals surface area contributed by atoms with Gasteiger partial charge in [-0.1, -0.05) is 19.1 Å². The second kappa shape index (κ2) is 5.26. The lowest BCUT2D eigenvalue weighted by atomic mass is 10.1. The number of aromatic nitrogens is 1. The van der Waals surface area contributed by atoms with Crippen molar-refractivity contribution in [1.82, 2.24) is 4.57 Å². The zero-order chi connectivity index (χ0) is 14.0. The lowest BCUT2D eigenvalue weighted by Crippen LogP contribution is -2.09. The van der Waals surface area contributed by atoms with Crippen LogP contribution in [0.3, 0.4) is 0 Å². The molecular weight excluding hydrogens is 245 g/mol. The maximum Gasteiger partial charge on any atom is 0.352 e. The molecule has 0 saturated heterocycles. The lowest BCUT2D eigenvalue weighted by Gasteiger charge is -2.11. The van der Waals surface area contributed by atoms with Gasteiger partial charge in [0.1, 0.15) is 11.5 Å². The third-order valence-corrected chi connectivity index (χ3v) is 3.11. The van der Waals surface area contributed by atoms with E-state index in [1.807, 2.05) is 13.0 Å². The van der Waals surface area contributed by atoms with E-state index < -0.39 is 5.97 Å². The van der Waals surface area contributed by atoms with Crippen LogP contribution in [-0.4, -0.2) is 15.6 Å². The molecule has 0 unspecified atom stereocenters. The number of hydrogen-bond acceptors (Lipinski definition) is 1. The first kappa shape index (κ1) is 13.3. The summed E-state index contributed by atoms with van der Waals surface area (Å²) in [6, 6.07) is 8.25. The molecule has 1 heterocycles. The fourth-order valence-corrected chi connectivity index (χ4v) is 2.12. The SMILES string of the molecule is CCCn1c(C(=O)O)ccc1-c1ccc(C)c(F)c1. The second-order valence-electron chi connectivity index (χ2n) is 4.52. The Balaban J connectivity index is 2.55. The molecule has 19 heavy (non-hydrogen) atoms. The van der Waals surface area contributed by atoms with Crippen molar-refractivity contribution in [2.75, 3.05) is 0 Å². The number of carbonyl (C=O) groups is 1. The van der Waals surface area contributed by atoms with Crippen LogP contribution in [0, 0.1) is 12.7 Å². The van der Waals surface area contributed by atoms with Crippen LogP contribution in [0.15, 0.2) is 30.3 Å². The first-order valence-electron chi connectivity index (χ1n) is 6.24. The number of rotatable bonds is 4. The predicted molar refractivity (Wildman–Crippen MR) is 71.8 cm³/mol. The molecule has 1 N–H and O–H groups in total. The average molecular weight is 261 g/mol. The Morgan fingerprint density at radius 1 is 1.32 bits per heavy atom. The molecule has 0 atom stereocenters. The molecule has 0 aliphatic heterocycles. The highest BCUT2D eigenvalue weighted by Gasteiger charge is 2.15. The topological polar surface area (TPSA) is 42.2 Å². The monoisotopic (exact) mass is 261 g/mol. The molecule has 2 aromatic rings. The van der Waals surface area contributed by atoms with Crippen molar-refractivity contribution in [2.24, 2.45) is 0 Å². The van der Waals surface area contributed by atoms with E-state index in [1.165, 1.54) is 6.07 Å². The minimum Gasteiger partial charge on any atom is -0.477 e. The predicted octanol–water partition coefficient (Wildman–Crippen LogP) is 3.71. The number of hydrogen-bond donors (Lipinski definition) is 1. The van der Waals surface area contributed by atoms with Crippen LogP contribution in [0.2, 0.25) is 0 Å². The zero-order valence-corrected chi connectivity index (χ0v) is 11.0. The average Bonchev–Trinajstić information content (AvgIpc) is 2.77. The molecule has 0 radical (unpaired) electrons. The van der Waals surface area contributed by atoms with Crippen LogP contribution in [0.1, 0.15) is 29.4 Å². The number of carboxylic acid groups (broad SMARTS) is 1. The van der Waals surface area contributed by atoms with Crippen molar-refractivity contribution in [2.45, 2.75) is 26.8 Å². The van der Waals surface area contributed by atoms with Gasteiger partial charge in [-0.05, 0) is 37.1 Å². The Hall–Kier alpha value is -2.10. The number of benzene rings is 1. The van der Waals surface area contributed by atoms with Gasteiger partial charge in [-0.2, -0.15) is 0 Å². The largest absolute Gasteiger partial charge is 0.477 e. The van der Waals surface area contributed by atoms with Crippen LogP contribution >= 0.6 is 0 Å². The minimum absolute atomic E-state index is 0.234. The van der Waals surface area contributed by atoms with Gasteiger partial charge in [0.2, 0.25) is 0 Å². The molecule has 3 nitrogen and oxygen atoms in total. The van der Waals surface area contributed by atoms with E-state index in [0.29, 0.717) is 17.7 Å². The lowest BCUT2D eigenvalue weighted by molar-refractivity contribution is 0.0685. The molecule has 0 aliphatic carbocycles. The summed E-state index contributed by atoms with van der Waals surface area (Å²) in [6.07, 6.45) is 0.816. The number of aryl methyl sites for hydroxylation is 1. The summed E-state index contributed by atoms with van der Waals surface area (Å²) in [6.45, 7) is 4.28. The number of carboxylic acids is 1. The highest BCUT2D eigenvalue weighted by atomic mass is 19.1. The number of nitrogens with zero attached hydrogens (tertiary/aromatic N) is 1. The third kappa shape index (κ3) is 2.52. The Morgan fingerprint density at radius 2 is 2.05 bits per heavy atom. The molecule has 0 spiro atoms. The smallest absolute Gasteiger partial charge is 0.352 e. The second-order valence-corrected chi connectivity index (χ2v) is 4.52. The van der Waals surface area contributed by atoms with Gasteiger partial charge in [0, 0.05) is 17.8 Å². The van der Waals surface area contributed by atoms with E-state index >= 15 is 0 Å². The molecule has 4 heteroatoms. The van der Waals surface area contributed by atoms with Crippen LogP contribution < -0.4 is 0 Å². The zero-order valence-electron chi connectivity index (χ0n) is 11.0. The van der Waals surface area contributed by atoms with E-state index in [9.17, 15) is 9.18 Å². The van der Waals surface area contributed by atoms with E-state index in [-0.39, 0.29) is 11.5 Å². The van der Waals surface area contributed by atoms with Crippen molar-refractivity contribution in [3.8, 4) is 11.3 Å². The van der Waals surface area contributed by atoms with Gasteiger partial charge >= 0.3 is 5.97 Å². The van der Waals surface area contributed by atoms with Gasteiger partial charge in [0.05, 0.1) is 0 Å². The highest BCUT2D eigenvalue weighted by Crippen LogP contribution is 2.25. The fraction of sp³-hybridized carbons (Fsp3) is 0.267. The van der Waals surface area contributed by atoms with Crippen LogP contribution in [0.25, 0.3) is 11.3 Å². The van der Waals surface area contributed by atoms with Crippen molar-refractivity contribution in [3.05, 3.63) is 47.4 Å². The first-order chi connectivity index (χ1) is 9.04. The Morgan fingerprint density at radius 3 is 2.63 bits per heavy atom. The molecule has 0 amide bonds. The number of aromatic carboxylic acids is 1. The van der Waals surface area contributed by atoms with E-state index in [1.54, 1.807) is 29.7 Å². The summed E-state index contributed by atoms with van der Waals surface area (Å²) in [5.74, 6) is -1.24. The Labute approximate surface area is 111 Å². The van der Waals surface area contributed by atoms with Gasteiger partial charge in [0.15, 0.2) is 0 Å². The van der Waals surface area contributed by atoms with Gasteiger partial charge in [0.25, 0.3) is 0 Å². The quantitative estimate of drug-likeness (QED) is 0.911. The molecule has 100 valence electrons. The molecule has 1 aromatic carbocycles. The summed E-state index contributed by atoms with van der Waals surface area (Å²) < 4.78 is 15.3. The standard InChI is InChI=1S/C15H16FNO2/c1-3-8-17-13(6-7-14(17)15(18)19)11-5-4-10(2)12(16)9-11/h4-7,9H,3,8H2,1-2H3,(H,18,19). The first-order valence-corrected chi connectivity index (χ1v) is 6.24. The van der Waals surface area contributed by atoms with E-state index in [4.69, 9.17) is 5.11 Å². The van der Waals surface area contributed by atoms with E-state index in [2.05, 4.69) is 0 Å². The summed E-state index contributed by atoms with van der Waals surface area (Å²) in [5.41, 5.74) is 2.25. The van der Waals surface area contributed by atoms with Crippen LogP contribution in [0.4, 0.5) is 4.39 Å². The van der Waals surface area contributed by atoms with Gasteiger partial charge in [-0.15, -0.1) is 0 Å². The molecule has 2 rings (SSSR count). The maximum atomic E-state index is 13.6. The van der Waals surface area contributed by atoms with Gasteiger partial charge in [-0.25, -0.2) is 9.18 Å². The van der Waals surface area contributed by atoms with Crippen LogP contribution in [-0.2, 0) is 6.54 Å². The molecule has 0 saturated carbocycles. The Kier molecular flexibility index (Phi) is 3.69. The normalized spacial score (nSPS) is 10.7. The molecule has 0 aliphatic rings. The minimum atomic E-state index is -0.965. The summed E-state index contributed by atoms with van der Waals surface area (Å²) in [7, 11) is 0. The fourth-order valence-electron chi connectivity index (χ4n) is 2.12.